The summed E-state index contributed by atoms with van der Waals surface area (Å²) in [7, 11) is 0. The Morgan fingerprint density at radius 2 is 1.19 bits per heavy atom. The summed E-state index contributed by atoms with van der Waals surface area (Å²) in [5, 5.41) is 2.73. The zero-order chi connectivity index (χ0) is 19.2. The summed E-state index contributed by atoms with van der Waals surface area (Å²) in [6, 6.07) is 22.5. The average Bonchev–Trinajstić information content (AvgIpc) is 2.72. The van der Waals surface area contributed by atoms with Crippen molar-refractivity contribution in [1.29, 1.82) is 0 Å². The highest BCUT2D eigenvalue weighted by Crippen LogP contribution is 2.31. The van der Waals surface area contributed by atoms with Gasteiger partial charge in [-0.25, -0.2) is 0 Å². The molecule has 0 radical (unpaired) electrons. The minimum atomic E-state index is 0.970. The highest BCUT2D eigenvalue weighted by Gasteiger charge is 2.10. The Morgan fingerprint density at radius 1 is 0.593 bits per heavy atom. The number of anilines is 2. The average molecular weight is 361 g/mol. The maximum Gasteiger partial charge on any atom is 0.0445 e. The topological polar surface area (TPSA) is 6.48 Å². The minimum Gasteiger partial charge on any atom is -0.372 e. The van der Waals surface area contributed by atoms with E-state index in [4.69, 9.17) is 0 Å². The fourth-order valence-corrected chi connectivity index (χ4v) is 3.97. The maximum atomic E-state index is 2.44. The molecule has 0 unspecified atom stereocenters. The molecular formula is C25H32N2. The van der Waals surface area contributed by atoms with E-state index in [1.54, 1.807) is 0 Å². The lowest BCUT2D eigenvalue weighted by atomic mass is 9.96. The lowest BCUT2D eigenvalue weighted by Gasteiger charge is -2.24. The smallest absolute Gasteiger partial charge is 0.0445 e. The van der Waals surface area contributed by atoms with Crippen LogP contribution in [0.25, 0.3) is 10.8 Å². The third-order valence-corrected chi connectivity index (χ3v) is 5.55. The van der Waals surface area contributed by atoms with Crippen LogP contribution in [0.15, 0.2) is 60.7 Å². The summed E-state index contributed by atoms with van der Waals surface area (Å²) in [5.74, 6) is 0. The third-order valence-electron chi connectivity index (χ3n) is 5.55. The van der Waals surface area contributed by atoms with E-state index in [-0.39, 0.29) is 0 Å². The Morgan fingerprint density at radius 3 is 1.78 bits per heavy atom. The second kappa shape index (κ2) is 8.94. The van der Waals surface area contributed by atoms with Crippen molar-refractivity contribution in [3.63, 3.8) is 0 Å². The number of benzene rings is 3. The van der Waals surface area contributed by atoms with Gasteiger partial charge in [0.25, 0.3) is 0 Å². The van der Waals surface area contributed by atoms with Crippen LogP contribution in [-0.4, -0.2) is 26.2 Å². The predicted molar refractivity (Wildman–Crippen MR) is 120 cm³/mol. The zero-order valence-corrected chi connectivity index (χ0v) is 17.2. The first-order valence-corrected chi connectivity index (χ1v) is 10.3. The molecule has 27 heavy (non-hydrogen) atoms. The first kappa shape index (κ1) is 19.3. The minimum absolute atomic E-state index is 0.970. The largest absolute Gasteiger partial charge is 0.372 e. The Hall–Kier alpha value is -2.48. The number of hydrogen-bond donors (Lipinski definition) is 0. The van der Waals surface area contributed by atoms with Gasteiger partial charge in [-0.2, -0.15) is 0 Å². The molecule has 0 bridgehead atoms. The summed E-state index contributed by atoms with van der Waals surface area (Å²) in [4.78, 5) is 4.82. The molecule has 0 heterocycles. The summed E-state index contributed by atoms with van der Waals surface area (Å²) in [6.45, 7) is 13.0. The molecule has 0 atom stereocenters. The van der Waals surface area contributed by atoms with Gasteiger partial charge in [-0.15, -0.1) is 0 Å². The molecule has 3 rings (SSSR count). The quantitative estimate of drug-likeness (QED) is 0.477. The summed E-state index contributed by atoms with van der Waals surface area (Å²) >= 11 is 0. The van der Waals surface area contributed by atoms with Gasteiger partial charge in [0.1, 0.15) is 0 Å². The number of fused-ring (bicyclic) bond motifs is 1. The molecule has 0 amide bonds. The van der Waals surface area contributed by atoms with Gasteiger partial charge in [-0.3, -0.25) is 0 Å². The molecule has 2 heteroatoms. The number of hydrogen-bond acceptors (Lipinski definition) is 2. The molecule has 0 N–H and O–H groups in total. The van der Waals surface area contributed by atoms with Crippen LogP contribution in [0.1, 0.15) is 38.8 Å². The van der Waals surface area contributed by atoms with Crippen molar-refractivity contribution in [3.05, 3.63) is 71.8 Å². The normalized spacial score (nSPS) is 11.0. The van der Waals surface area contributed by atoms with Crippen LogP contribution in [0.5, 0.6) is 0 Å². The Kier molecular flexibility index (Phi) is 6.39. The van der Waals surface area contributed by atoms with E-state index < -0.39 is 0 Å². The highest BCUT2D eigenvalue weighted by molar-refractivity contribution is 5.96. The Labute approximate surface area is 164 Å². The van der Waals surface area contributed by atoms with Gasteiger partial charge < -0.3 is 9.80 Å². The van der Waals surface area contributed by atoms with Crippen LogP contribution in [0.4, 0.5) is 11.4 Å². The molecule has 2 nitrogen and oxygen atoms in total. The second-order valence-electron chi connectivity index (χ2n) is 6.98. The predicted octanol–water partition coefficient (Wildman–Crippen LogP) is 6.12. The molecule has 0 aliphatic heterocycles. The van der Waals surface area contributed by atoms with Crippen molar-refractivity contribution >= 4 is 22.1 Å². The van der Waals surface area contributed by atoms with Crippen LogP contribution in [0.2, 0.25) is 0 Å². The first-order chi connectivity index (χ1) is 13.2. The molecule has 3 aromatic carbocycles. The highest BCUT2D eigenvalue weighted by atomic mass is 15.1. The van der Waals surface area contributed by atoms with E-state index in [2.05, 4.69) is 98.2 Å². The van der Waals surface area contributed by atoms with E-state index in [1.165, 1.54) is 33.3 Å². The fraction of sp³-hybridized carbons (Fsp3) is 0.360. The van der Waals surface area contributed by atoms with Crippen molar-refractivity contribution < 1.29 is 0 Å². The standard InChI is InChI=1S/C25H32N2/c1-5-26(6-2)22-16-13-20(14-17-22)19-21-15-18-25(27(7-3)8-4)24-12-10-9-11-23(21)24/h9-18H,5-8,19H2,1-4H3. The lowest BCUT2D eigenvalue weighted by Crippen LogP contribution is -2.22. The van der Waals surface area contributed by atoms with E-state index in [0.717, 1.165) is 32.6 Å². The van der Waals surface area contributed by atoms with Crippen molar-refractivity contribution in [2.75, 3.05) is 36.0 Å². The van der Waals surface area contributed by atoms with E-state index in [1.807, 2.05) is 0 Å². The first-order valence-electron chi connectivity index (χ1n) is 10.3. The fourth-order valence-electron chi connectivity index (χ4n) is 3.97. The molecular weight excluding hydrogens is 328 g/mol. The van der Waals surface area contributed by atoms with Crippen LogP contribution in [0.3, 0.4) is 0 Å². The summed E-state index contributed by atoms with van der Waals surface area (Å²) < 4.78 is 0. The second-order valence-corrected chi connectivity index (χ2v) is 6.98. The van der Waals surface area contributed by atoms with Gasteiger partial charge in [-0.05, 0) is 68.8 Å². The van der Waals surface area contributed by atoms with Gasteiger partial charge in [0.05, 0.1) is 0 Å². The molecule has 0 aromatic heterocycles. The van der Waals surface area contributed by atoms with Crippen LogP contribution < -0.4 is 9.80 Å². The van der Waals surface area contributed by atoms with E-state index in [9.17, 15) is 0 Å². The number of rotatable bonds is 8. The van der Waals surface area contributed by atoms with Crippen LogP contribution in [0, 0.1) is 0 Å². The molecule has 0 aliphatic rings. The van der Waals surface area contributed by atoms with Crippen molar-refractivity contribution in [2.45, 2.75) is 34.1 Å². The van der Waals surface area contributed by atoms with Gasteiger partial charge in [0.2, 0.25) is 0 Å². The van der Waals surface area contributed by atoms with Gasteiger partial charge >= 0.3 is 0 Å². The molecule has 0 spiro atoms. The monoisotopic (exact) mass is 360 g/mol. The summed E-state index contributed by atoms with van der Waals surface area (Å²) in [5.41, 5.74) is 5.42. The Balaban J connectivity index is 1.93. The van der Waals surface area contributed by atoms with Crippen molar-refractivity contribution in [3.8, 4) is 0 Å². The number of nitrogens with zero attached hydrogens (tertiary/aromatic N) is 2. The van der Waals surface area contributed by atoms with Gasteiger partial charge in [-0.1, -0.05) is 42.5 Å². The van der Waals surface area contributed by atoms with E-state index in [0.29, 0.717) is 0 Å². The van der Waals surface area contributed by atoms with Crippen LogP contribution in [-0.2, 0) is 6.42 Å². The molecule has 0 fully saturated rings. The summed E-state index contributed by atoms with van der Waals surface area (Å²) in [6.07, 6.45) is 0.970. The van der Waals surface area contributed by atoms with Crippen molar-refractivity contribution in [1.82, 2.24) is 0 Å². The molecule has 3 aromatic rings. The lowest BCUT2D eigenvalue weighted by molar-refractivity contribution is 0.866. The van der Waals surface area contributed by atoms with Crippen molar-refractivity contribution in [2.24, 2.45) is 0 Å². The van der Waals surface area contributed by atoms with Gasteiger partial charge in [0.15, 0.2) is 0 Å². The third kappa shape index (κ3) is 4.10. The van der Waals surface area contributed by atoms with E-state index >= 15 is 0 Å². The van der Waals surface area contributed by atoms with Crippen LogP contribution >= 0.6 is 0 Å². The maximum absolute atomic E-state index is 2.44. The SMILES string of the molecule is CCN(CC)c1ccc(Cc2ccc(N(CC)CC)c3ccccc23)cc1. The molecule has 0 saturated carbocycles. The zero-order valence-electron chi connectivity index (χ0n) is 17.2. The molecule has 0 aliphatic carbocycles. The van der Waals surface area contributed by atoms with Gasteiger partial charge in [0, 0.05) is 42.9 Å². The molecule has 142 valence electrons. The molecule has 0 saturated heterocycles. The Bertz CT molecular complexity index is 859.